The number of rotatable bonds is 3. The van der Waals surface area contributed by atoms with E-state index in [1.165, 1.54) is 0 Å². The molecule has 1 heterocycles. The molecule has 1 N–H and O–H groups in total. The molecule has 1 fully saturated rings. The molecule has 88 valence electrons. The number of hydrogen-bond donors (Lipinski definition) is 1. The number of hydrogen-bond acceptors (Lipinski definition) is 1. The van der Waals surface area contributed by atoms with Crippen molar-refractivity contribution in [2.24, 2.45) is 0 Å². The Labute approximate surface area is 92.7 Å². The molecule has 16 heavy (non-hydrogen) atoms. The summed E-state index contributed by atoms with van der Waals surface area (Å²) in [5.41, 5.74) is 0.160. The van der Waals surface area contributed by atoms with Crippen LogP contribution in [-0.4, -0.2) is 11.7 Å². The van der Waals surface area contributed by atoms with Crippen LogP contribution in [0.4, 0.5) is 13.2 Å². The average molecular weight is 229 g/mol. The van der Waals surface area contributed by atoms with E-state index in [-0.39, 0.29) is 6.04 Å². The van der Waals surface area contributed by atoms with Crippen LogP contribution in [0, 0.1) is 0 Å². The molecule has 4 heteroatoms. The molecule has 0 aromatic heterocycles. The molecule has 1 aromatic rings. The van der Waals surface area contributed by atoms with E-state index in [0.29, 0.717) is 6.42 Å². The summed E-state index contributed by atoms with van der Waals surface area (Å²) in [5.74, 6) is 0. The van der Waals surface area contributed by atoms with Crippen molar-refractivity contribution < 1.29 is 13.2 Å². The van der Waals surface area contributed by atoms with Crippen LogP contribution >= 0.6 is 0 Å². The minimum absolute atomic E-state index is 0.152. The van der Waals surface area contributed by atoms with Gasteiger partial charge in [0.25, 0.3) is 0 Å². The monoisotopic (exact) mass is 229 g/mol. The highest BCUT2D eigenvalue weighted by molar-refractivity contribution is 5.31. The molecule has 1 saturated heterocycles. The quantitative estimate of drug-likeness (QED) is 0.788. The summed E-state index contributed by atoms with van der Waals surface area (Å²) in [4.78, 5) is 0. The molecule has 1 nitrogen and oxygen atoms in total. The van der Waals surface area contributed by atoms with Gasteiger partial charge in [0.15, 0.2) is 0 Å². The van der Waals surface area contributed by atoms with Crippen molar-refractivity contribution in [2.45, 2.75) is 37.5 Å². The fourth-order valence-corrected chi connectivity index (χ4v) is 2.24. The molecular weight excluding hydrogens is 215 g/mol. The van der Waals surface area contributed by atoms with Crippen molar-refractivity contribution in [1.29, 1.82) is 0 Å². The normalized spacial score (nSPS) is 29.1. The van der Waals surface area contributed by atoms with Gasteiger partial charge in [-0.25, -0.2) is 0 Å². The van der Waals surface area contributed by atoms with Gasteiger partial charge in [-0.3, -0.25) is 0 Å². The summed E-state index contributed by atoms with van der Waals surface area (Å²) >= 11 is 0. The highest BCUT2D eigenvalue weighted by Gasteiger charge is 2.57. The van der Waals surface area contributed by atoms with E-state index in [4.69, 9.17) is 0 Å². The van der Waals surface area contributed by atoms with Crippen molar-refractivity contribution in [1.82, 2.24) is 5.32 Å². The largest absolute Gasteiger partial charge is 0.390 e. The summed E-state index contributed by atoms with van der Waals surface area (Å²) in [6.07, 6.45) is -4.37. The smallest absolute Gasteiger partial charge is 0.301 e. The Morgan fingerprint density at radius 2 is 1.88 bits per heavy atom. The third kappa shape index (κ3) is 2.21. The van der Waals surface area contributed by atoms with E-state index in [2.05, 4.69) is 5.32 Å². The van der Waals surface area contributed by atoms with Gasteiger partial charge in [-0.15, -0.1) is 0 Å². The summed E-state index contributed by atoms with van der Waals surface area (Å²) in [6, 6.07) is 9.15. The molecule has 0 bridgehead atoms. The maximum atomic E-state index is 12.4. The third-order valence-electron chi connectivity index (χ3n) is 3.18. The van der Waals surface area contributed by atoms with Gasteiger partial charge < -0.3 is 5.32 Å². The van der Waals surface area contributed by atoms with Gasteiger partial charge in [0.05, 0.1) is 12.5 Å². The van der Waals surface area contributed by atoms with E-state index in [0.717, 1.165) is 5.56 Å². The van der Waals surface area contributed by atoms with Crippen LogP contribution < -0.4 is 5.32 Å². The van der Waals surface area contributed by atoms with E-state index >= 15 is 0 Å². The molecular formula is C12H14F3N. The second-order valence-corrected chi connectivity index (χ2v) is 4.29. The molecule has 0 aliphatic carbocycles. The van der Waals surface area contributed by atoms with Crippen LogP contribution in [0.1, 0.15) is 31.4 Å². The molecule has 0 unspecified atom stereocenters. The first-order valence-corrected chi connectivity index (χ1v) is 5.36. The van der Waals surface area contributed by atoms with Crippen molar-refractivity contribution in [3.05, 3.63) is 35.9 Å². The van der Waals surface area contributed by atoms with Crippen LogP contribution in [0.5, 0.6) is 0 Å². The summed E-state index contributed by atoms with van der Waals surface area (Å²) in [7, 11) is 0. The van der Waals surface area contributed by atoms with Crippen molar-refractivity contribution >= 4 is 0 Å². The van der Waals surface area contributed by atoms with Crippen LogP contribution in [0.15, 0.2) is 30.3 Å². The molecule has 2 rings (SSSR count). The molecule has 2 atom stereocenters. The van der Waals surface area contributed by atoms with E-state index in [1.807, 2.05) is 30.3 Å². The van der Waals surface area contributed by atoms with Gasteiger partial charge in [-0.05, 0) is 12.0 Å². The molecule has 0 spiro atoms. The maximum Gasteiger partial charge on any atom is 0.390 e. The van der Waals surface area contributed by atoms with Gasteiger partial charge in [0.1, 0.15) is 0 Å². The van der Waals surface area contributed by atoms with E-state index in [9.17, 15) is 13.2 Å². The summed E-state index contributed by atoms with van der Waals surface area (Å²) < 4.78 is 37.3. The predicted molar refractivity (Wildman–Crippen MR) is 56.0 cm³/mol. The fraction of sp³-hybridized carbons (Fsp3) is 0.500. The predicted octanol–water partition coefficient (Wildman–Crippen LogP) is 3.43. The Morgan fingerprint density at radius 1 is 1.25 bits per heavy atom. The van der Waals surface area contributed by atoms with Crippen molar-refractivity contribution in [3.63, 3.8) is 0 Å². The zero-order chi connectivity index (χ0) is 11.8. The number of nitrogens with one attached hydrogen (secondary N) is 1. The zero-order valence-corrected chi connectivity index (χ0v) is 9.01. The van der Waals surface area contributed by atoms with Crippen molar-refractivity contribution in [3.8, 4) is 0 Å². The molecule has 0 saturated carbocycles. The lowest BCUT2D eigenvalue weighted by Gasteiger charge is -2.15. The lowest BCUT2D eigenvalue weighted by atomic mass is 9.93. The minimum atomic E-state index is -4.10. The number of halogens is 3. The number of alkyl halides is 3. The van der Waals surface area contributed by atoms with Gasteiger partial charge in [0, 0.05) is 5.54 Å². The van der Waals surface area contributed by atoms with Crippen LogP contribution in [0.25, 0.3) is 0 Å². The second-order valence-electron chi connectivity index (χ2n) is 4.29. The highest BCUT2D eigenvalue weighted by Crippen LogP contribution is 2.49. The summed E-state index contributed by atoms with van der Waals surface area (Å²) in [6.45, 7) is 1.79. The summed E-state index contributed by atoms with van der Waals surface area (Å²) in [5, 5.41) is 2.98. The lowest BCUT2D eigenvalue weighted by molar-refractivity contribution is -0.141. The lowest BCUT2D eigenvalue weighted by Crippen LogP contribution is -2.24. The van der Waals surface area contributed by atoms with Crippen LogP contribution in [0.2, 0.25) is 0 Å². The van der Waals surface area contributed by atoms with Gasteiger partial charge in [0.2, 0.25) is 0 Å². The Balaban J connectivity index is 2.12. The topological polar surface area (TPSA) is 21.9 Å². The molecule has 1 aromatic carbocycles. The maximum absolute atomic E-state index is 12.4. The first-order chi connectivity index (χ1) is 7.47. The first-order valence-electron chi connectivity index (χ1n) is 5.36. The van der Waals surface area contributed by atoms with E-state index < -0.39 is 18.1 Å². The van der Waals surface area contributed by atoms with E-state index in [1.54, 1.807) is 6.92 Å². The van der Waals surface area contributed by atoms with Crippen molar-refractivity contribution in [2.75, 3.05) is 0 Å². The number of benzene rings is 1. The van der Waals surface area contributed by atoms with Crippen LogP contribution in [-0.2, 0) is 0 Å². The van der Waals surface area contributed by atoms with Gasteiger partial charge in [-0.2, -0.15) is 13.2 Å². The Morgan fingerprint density at radius 3 is 2.38 bits per heavy atom. The highest BCUT2D eigenvalue weighted by atomic mass is 19.4. The first kappa shape index (κ1) is 11.5. The Kier molecular flexibility index (Phi) is 2.70. The zero-order valence-electron chi connectivity index (χ0n) is 9.01. The Bertz CT molecular complexity index is 360. The standard InChI is InChI=1S/C12H14F3N/c1-2-11(8-12(13,14)15)10(16-11)9-6-4-3-5-7-9/h3-7,10,16H,2,8H2,1H3/t10-,11-/m0/s1. The third-order valence-corrected chi connectivity index (χ3v) is 3.18. The fourth-order valence-electron chi connectivity index (χ4n) is 2.24. The molecule has 1 aliphatic rings. The van der Waals surface area contributed by atoms with Gasteiger partial charge >= 0.3 is 6.18 Å². The second kappa shape index (κ2) is 3.77. The van der Waals surface area contributed by atoms with Crippen LogP contribution in [0.3, 0.4) is 0 Å². The molecule has 1 aliphatic heterocycles. The van der Waals surface area contributed by atoms with Gasteiger partial charge in [-0.1, -0.05) is 37.3 Å². The SMILES string of the molecule is CC[C@@]1(CC(F)(F)F)N[C@H]1c1ccccc1. The Hall–Kier alpha value is -1.03. The molecule has 0 radical (unpaired) electrons. The minimum Gasteiger partial charge on any atom is -0.301 e. The molecule has 0 amide bonds. The average Bonchev–Trinajstić information content (AvgIpc) is 2.92.